The van der Waals surface area contributed by atoms with Gasteiger partial charge in [0.25, 0.3) is 11.6 Å². The molecule has 1 aliphatic rings. The Balaban J connectivity index is 1.61. The van der Waals surface area contributed by atoms with E-state index in [-0.39, 0.29) is 22.7 Å². The molecule has 10 heteroatoms. The monoisotopic (exact) mass is 400 g/mol. The molecule has 2 aromatic rings. The third kappa shape index (κ3) is 5.18. The zero-order valence-corrected chi connectivity index (χ0v) is 15.9. The van der Waals surface area contributed by atoms with Crippen LogP contribution in [-0.4, -0.2) is 41.0 Å². The van der Waals surface area contributed by atoms with E-state index in [1.54, 1.807) is 12.1 Å². The molecule has 0 saturated heterocycles. The maximum absolute atomic E-state index is 12.3. The van der Waals surface area contributed by atoms with E-state index in [1.807, 2.05) is 0 Å². The Morgan fingerprint density at radius 1 is 1.28 bits per heavy atom. The summed E-state index contributed by atoms with van der Waals surface area (Å²) in [6, 6.07) is 7.67. The smallest absolute Gasteiger partial charge is 0.340 e. The largest absolute Gasteiger partial charge is 0.496 e. The minimum atomic E-state index is -1.17. The lowest BCUT2D eigenvalue weighted by Gasteiger charge is -2.14. The molecule has 0 bridgehead atoms. The number of nitro groups is 1. The van der Waals surface area contributed by atoms with Crippen LogP contribution in [0.3, 0.4) is 0 Å². The molecule has 1 amide bonds. The van der Waals surface area contributed by atoms with Crippen molar-refractivity contribution in [2.75, 3.05) is 17.7 Å². The van der Waals surface area contributed by atoms with Gasteiger partial charge in [0.2, 0.25) is 0 Å². The molecule has 0 aliphatic heterocycles. The van der Waals surface area contributed by atoms with Gasteiger partial charge in [-0.15, -0.1) is 0 Å². The molecule has 1 fully saturated rings. The Bertz CT molecular complexity index is 927. The molecule has 1 aromatic carbocycles. The summed E-state index contributed by atoms with van der Waals surface area (Å²) in [6.45, 7) is 1.37. The summed E-state index contributed by atoms with van der Waals surface area (Å²) in [5.74, 6) is -0.475. The molecular formula is C19H20N4O6. The highest BCUT2D eigenvalue weighted by Gasteiger charge is 2.24. The van der Waals surface area contributed by atoms with Crippen molar-refractivity contribution in [3.63, 3.8) is 0 Å². The zero-order valence-electron chi connectivity index (χ0n) is 15.9. The number of amides is 1. The van der Waals surface area contributed by atoms with Crippen molar-refractivity contribution in [2.45, 2.75) is 31.9 Å². The molecule has 2 N–H and O–H groups in total. The van der Waals surface area contributed by atoms with E-state index in [0.29, 0.717) is 11.9 Å². The van der Waals surface area contributed by atoms with Crippen LogP contribution < -0.4 is 15.4 Å². The molecule has 1 atom stereocenters. The number of rotatable bonds is 8. The number of benzene rings is 1. The first-order chi connectivity index (χ1) is 13.9. The molecule has 152 valence electrons. The summed E-state index contributed by atoms with van der Waals surface area (Å²) in [6.07, 6.45) is 2.40. The lowest BCUT2D eigenvalue weighted by Crippen LogP contribution is -2.30. The SMILES string of the molecule is COc1ccc(NC(=O)C(C)OC(=O)c2ccc(NC3CC3)nc2)c([N+](=O)[O-])c1. The van der Waals surface area contributed by atoms with Crippen LogP contribution in [0.15, 0.2) is 36.5 Å². The normalized spacial score (nSPS) is 13.9. The van der Waals surface area contributed by atoms with Gasteiger partial charge in [-0.1, -0.05) is 0 Å². The van der Waals surface area contributed by atoms with Crippen LogP contribution in [0.2, 0.25) is 0 Å². The van der Waals surface area contributed by atoms with Crippen molar-refractivity contribution >= 4 is 29.1 Å². The molecule has 0 radical (unpaired) electrons. The van der Waals surface area contributed by atoms with E-state index in [0.717, 1.165) is 12.8 Å². The van der Waals surface area contributed by atoms with E-state index in [9.17, 15) is 19.7 Å². The maximum Gasteiger partial charge on any atom is 0.340 e. The highest BCUT2D eigenvalue weighted by atomic mass is 16.6. The van der Waals surface area contributed by atoms with Gasteiger partial charge >= 0.3 is 5.97 Å². The van der Waals surface area contributed by atoms with E-state index in [1.165, 1.54) is 38.4 Å². The second kappa shape index (κ2) is 8.55. The Morgan fingerprint density at radius 2 is 2.03 bits per heavy atom. The number of esters is 1. The number of anilines is 2. The fraction of sp³-hybridized carbons (Fsp3) is 0.316. The molecule has 10 nitrogen and oxygen atoms in total. The molecular weight excluding hydrogens is 380 g/mol. The van der Waals surface area contributed by atoms with Crippen molar-refractivity contribution < 1.29 is 24.0 Å². The standard InChI is InChI=1S/C19H20N4O6/c1-11(18(24)22-15-7-6-14(28-2)9-16(15)23(26)27)29-19(25)12-3-8-17(20-10-12)21-13-4-5-13/h3,6-11,13H,4-5H2,1-2H3,(H,20,21)(H,22,24). The third-order valence-electron chi connectivity index (χ3n) is 4.24. The zero-order chi connectivity index (χ0) is 21.0. The Kier molecular flexibility index (Phi) is 5.91. The van der Waals surface area contributed by atoms with Crippen molar-refractivity contribution in [2.24, 2.45) is 0 Å². The van der Waals surface area contributed by atoms with E-state index in [4.69, 9.17) is 9.47 Å². The average molecular weight is 400 g/mol. The van der Waals surface area contributed by atoms with Crippen molar-refractivity contribution in [3.05, 3.63) is 52.2 Å². The van der Waals surface area contributed by atoms with Crippen LogP contribution in [0, 0.1) is 10.1 Å². The minimum absolute atomic E-state index is 0.0270. The first-order valence-electron chi connectivity index (χ1n) is 8.94. The highest BCUT2D eigenvalue weighted by Crippen LogP contribution is 2.29. The predicted molar refractivity (Wildman–Crippen MR) is 104 cm³/mol. The van der Waals surface area contributed by atoms with E-state index in [2.05, 4.69) is 15.6 Å². The first-order valence-corrected chi connectivity index (χ1v) is 8.94. The number of ether oxygens (including phenoxy) is 2. The topological polar surface area (TPSA) is 133 Å². The summed E-state index contributed by atoms with van der Waals surface area (Å²) >= 11 is 0. The molecule has 3 rings (SSSR count). The quantitative estimate of drug-likeness (QED) is 0.393. The van der Waals surface area contributed by atoms with Crippen LogP contribution in [0.25, 0.3) is 0 Å². The molecule has 1 unspecified atom stereocenters. The molecule has 1 aliphatic carbocycles. The lowest BCUT2D eigenvalue weighted by atomic mass is 10.2. The summed E-state index contributed by atoms with van der Waals surface area (Å²) in [5, 5.41) is 16.8. The second-order valence-electron chi connectivity index (χ2n) is 6.53. The Morgan fingerprint density at radius 3 is 2.62 bits per heavy atom. The van der Waals surface area contributed by atoms with Crippen LogP contribution in [0.1, 0.15) is 30.1 Å². The fourth-order valence-corrected chi connectivity index (χ4v) is 2.45. The molecule has 1 aromatic heterocycles. The van der Waals surface area contributed by atoms with Gasteiger partial charge in [0.1, 0.15) is 17.3 Å². The van der Waals surface area contributed by atoms with E-state index < -0.39 is 22.9 Å². The Hall–Kier alpha value is -3.69. The average Bonchev–Trinajstić information content (AvgIpc) is 3.52. The van der Waals surface area contributed by atoms with Crippen LogP contribution >= 0.6 is 0 Å². The van der Waals surface area contributed by atoms with Crippen molar-refractivity contribution in [1.29, 1.82) is 0 Å². The minimum Gasteiger partial charge on any atom is -0.496 e. The molecule has 29 heavy (non-hydrogen) atoms. The number of carbonyl (C=O) groups excluding carboxylic acids is 2. The number of nitrogens with one attached hydrogen (secondary N) is 2. The number of hydrogen-bond donors (Lipinski definition) is 2. The van der Waals surface area contributed by atoms with Crippen LogP contribution in [0.5, 0.6) is 5.75 Å². The summed E-state index contributed by atoms with van der Waals surface area (Å²) in [5.41, 5.74) is -0.165. The van der Waals surface area contributed by atoms with Gasteiger partial charge in [-0.2, -0.15) is 0 Å². The molecule has 1 saturated carbocycles. The number of hydrogen-bond acceptors (Lipinski definition) is 8. The van der Waals surface area contributed by atoms with Crippen LogP contribution in [0.4, 0.5) is 17.2 Å². The van der Waals surface area contributed by atoms with Crippen molar-refractivity contribution in [3.8, 4) is 5.75 Å². The molecule has 0 spiro atoms. The van der Waals surface area contributed by atoms with Crippen LogP contribution in [-0.2, 0) is 9.53 Å². The van der Waals surface area contributed by atoms with Gasteiger partial charge in [-0.25, -0.2) is 9.78 Å². The predicted octanol–water partition coefficient (Wildman–Crippen LogP) is 2.76. The number of carbonyl (C=O) groups is 2. The van der Waals surface area contributed by atoms with Gasteiger partial charge in [-0.05, 0) is 44.0 Å². The lowest BCUT2D eigenvalue weighted by molar-refractivity contribution is -0.384. The van der Waals surface area contributed by atoms with Crippen molar-refractivity contribution in [1.82, 2.24) is 4.98 Å². The number of aromatic nitrogens is 1. The number of nitro benzene ring substituents is 1. The third-order valence-corrected chi connectivity index (χ3v) is 4.24. The highest BCUT2D eigenvalue weighted by molar-refractivity contribution is 5.98. The van der Waals surface area contributed by atoms with Gasteiger partial charge in [0.05, 0.1) is 23.7 Å². The van der Waals surface area contributed by atoms with E-state index >= 15 is 0 Å². The maximum atomic E-state index is 12.3. The Labute approximate surface area is 166 Å². The van der Waals surface area contributed by atoms with Gasteiger partial charge in [-0.3, -0.25) is 14.9 Å². The van der Waals surface area contributed by atoms with Gasteiger partial charge in [0.15, 0.2) is 6.10 Å². The summed E-state index contributed by atoms with van der Waals surface area (Å²) < 4.78 is 10.1. The number of methoxy groups -OCH3 is 1. The van der Waals surface area contributed by atoms with Gasteiger partial charge in [0, 0.05) is 12.2 Å². The fourth-order valence-electron chi connectivity index (χ4n) is 2.45. The number of pyridine rings is 1. The van der Waals surface area contributed by atoms with Gasteiger partial charge < -0.3 is 20.1 Å². The number of nitrogens with zero attached hydrogens (tertiary/aromatic N) is 2. The summed E-state index contributed by atoms with van der Waals surface area (Å²) in [4.78, 5) is 39.3. The second-order valence-corrected chi connectivity index (χ2v) is 6.53. The summed E-state index contributed by atoms with van der Waals surface area (Å²) in [7, 11) is 1.38. The molecule has 1 heterocycles. The first kappa shape index (κ1) is 20.1.